The van der Waals surface area contributed by atoms with Gasteiger partial charge in [0.1, 0.15) is 5.78 Å². The second-order valence-electron chi connectivity index (χ2n) is 14.2. The number of amides is 3. The van der Waals surface area contributed by atoms with Gasteiger partial charge in [-0.2, -0.15) is 0 Å². The molecule has 0 saturated heterocycles. The van der Waals surface area contributed by atoms with E-state index >= 15 is 0 Å². The van der Waals surface area contributed by atoms with Crippen LogP contribution in [0, 0.1) is 0 Å². The fourth-order valence-corrected chi connectivity index (χ4v) is 4.00. The van der Waals surface area contributed by atoms with E-state index < -0.39 is 0 Å². The number of carbonyl (C=O) groups excluding carboxylic acids is 5. The zero-order chi connectivity index (χ0) is 74.7. The van der Waals surface area contributed by atoms with Crippen LogP contribution >= 0.6 is 0 Å². The first kappa shape index (κ1) is 115. The Kier molecular flexibility index (Phi) is 159. The summed E-state index contributed by atoms with van der Waals surface area (Å²) >= 11 is 0. The zero-order valence-electron chi connectivity index (χ0n) is 64.0. The number of imide groups is 1. The van der Waals surface area contributed by atoms with Gasteiger partial charge in [-0.3, -0.25) is 24.1 Å². The molecule has 526 valence electrons. The molecule has 10 heteroatoms. The van der Waals surface area contributed by atoms with Crippen LogP contribution in [0.3, 0.4) is 0 Å². The summed E-state index contributed by atoms with van der Waals surface area (Å²) in [5.41, 5.74) is 1.01. The number of hydrogen-bond donors (Lipinski definition) is 1. The summed E-state index contributed by atoms with van der Waals surface area (Å²) in [7, 11) is 9.37. The molecule has 1 heterocycles. The van der Waals surface area contributed by atoms with Crippen LogP contribution in [0.2, 0.25) is 0 Å². The molecule has 0 aliphatic carbocycles. The molecule has 0 aromatic heterocycles. The molecule has 1 aliphatic rings. The van der Waals surface area contributed by atoms with Crippen LogP contribution in [0.1, 0.15) is 180 Å². The number of hydrogen-bond acceptors (Lipinski definition) is 8. The lowest BCUT2D eigenvalue weighted by Gasteiger charge is -2.02. The lowest BCUT2D eigenvalue weighted by molar-refractivity contribution is -0.138. The van der Waals surface area contributed by atoms with E-state index in [1.54, 1.807) is 52.6 Å². The van der Waals surface area contributed by atoms with Crippen LogP contribution in [0.4, 0.5) is 0 Å². The van der Waals surface area contributed by atoms with Crippen LogP contribution < -0.4 is 5.32 Å². The molecule has 3 amide bonds. The summed E-state index contributed by atoms with van der Waals surface area (Å²) in [4.78, 5) is 52.5. The first-order chi connectivity index (χ1) is 45.3. The average Bonchev–Trinajstić information content (AvgIpc) is 1.67. The van der Waals surface area contributed by atoms with Crippen molar-refractivity contribution in [3.63, 3.8) is 0 Å². The molecule has 0 unspecified atom stereocenters. The van der Waals surface area contributed by atoms with Crippen molar-refractivity contribution in [2.24, 2.45) is 0 Å². The molecule has 8 aromatic carbocycles. The van der Waals surface area contributed by atoms with E-state index in [2.05, 4.69) is 19.5 Å². The van der Waals surface area contributed by atoms with Gasteiger partial charge in [0, 0.05) is 55.9 Å². The SMILES string of the molecule is CC.CC.CC.CC.CC.CC.CC.CC.CC.CC(C)=O.CCOC.CN1C(=O)c2ccccc2C1=O.CNC(C)=O.COC.COC(C)=O.c1ccccc1.c1ccccc1.c1ccccc1.c1ccccc1.c1ccccc1.c1ccccc1.c1ccccc1. The maximum absolute atomic E-state index is 11.3. The average molecular weight is 1290 g/mol. The van der Waals surface area contributed by atoms with E-state index in [1.807, 2.05) is 386 Å². The maximum atomic E-state index is 11.3. The van der Waals surface area contributed by atoms with Crippen LogP contribution in [-0.4, -0.2) is 83.5 Å². The number of methoxy groups -OCH3 is 3. The number of benzene rings is 8. The standard InChI is InChI=1S/C9H7NO2.7C6H6.C3H7NO.C3H6O2.C3H8O.C3H6O.C2H6O.9C2H6/c1-10-8(11)6-4-2-3-5-7(6)9(10)12;7*1-2-4-6-5-3-1;1-3(5)4-2;1-3(4)5-2;1-3-4-2;1-3(2)4;1-3-2;9*1-2/h2-5H,1H3;7*1-6H;1-2H3,(H,4,5);1-2H3;3H2,1-2H3;1-2H3;1-2H3;9*1-2H3. The van der Waals surface area contributed by atoms with E-state index in [-0.39, 0.29) is 29.5 Å². The Hall–Kier alpha value is -8.57. The summed E-state index contributed by atoms with van der Waals surface area (Å²) in [6.45, 7) is 44.7. The number of carbonyl (C=O) groups is 5. The molecule has 8 aromatic rings. The Balaban J connectivity index is -0.0000000671. The monoisotopic (exact) mass is 1290 g/mol. The molecule has 9 rings (SSSR count). The number of fused-ring (bicyclic) bond motifs is 1. The van der Waals surface area contributed by atoms with Crippen LogP contribution in [0.5, 0.6) is 0 Å². The van der Waals surface area contributed by atoms with Crippen LogP contribution in [0.25, 0.3) is 0 Å². The molecule has 1 N–H and O–H groups in total. The van der Waals surface area contributed by atoms with Gasteiger partial charge in [-0.15, -0.1) is 0 Å². The van der Waals surface area contributed by atoms with Gasteiger partial charge in [0.05, 0.1) is 18.2 Å². The molecule has 0 fully saturated rings. The van der Waals surface area contributed by atoms with Gasteiger partial charge < -0.3 is 24.3 Å². The Morgan fingerprint density at radius 3 is 0.484 bits per heavy atom. The lowest BCUT2D eigenvalue weighted by Crippen LogP contribution is -2.24. The van der Waals surface area contributed by atoms with Crippen molar-refractivity contribution in [3.8, 4) is 0 Å². The number of nitrogens with zero attached hydrogens (tertiary/aromatic N) is 1. The second-order valence-corrected chi connectivity index (χ2v) is 14.2. The highest BCUT2D eigenvalue weighted by Crippen LogP contribution is 2.20. The quantitative estimate of drug-likeness (QED) is 0.127. The van der Waals surface area contributed by atoms with Crippen molar-refractivity contribution in [2.75, 3.05) is 49.1 Å². The predicted octanol–water partition coefficient (Wildman–Crippen LogP) is 23.4. The first-order valence-electron chi connectivity index (χ1n) is 32.8. The maximum Gasteiger partial charge on any atom is 0.302 e. The number of rotatable bonds is 1. The minimum Gasteiger partial charge on any atom is -0.469 e. The number of ether oxygens (including phenoxy) is 3. The van der Waals surface area contributed by atoms with E-state index in [9.17, 15) is 24.0 Å². The van der Waals surface area contributed by atoms with Gasteiger partial charge in [0.25, 0.3) is 11.8 Å². The normalized spacial score (nSPS) is 7.69. The van der Waals surface area contributed by atoms with Crippen molar-refractivity contribution in [3.05, 3.63) is 290 Å². The van der Waals surface area contributed by atoms with Crippen molar-refractivity contribution >= 4 is 29.5 Å². The molecule has 0 saturated carbocycles. The predicted molar refractivity (Wildman–Crippen MR) is 414 cm³/mol. The topological polar surface area (TPSA) is 128 Å². The number of esters is 1. The van der Waals surface area contributed by atoms with E-state index in [1.165, 1.54) is 41.9 Å². The van der Waals surface area contributed by atoms with E-state index in [0.29, 0.717) is 11.1 Å². The van der Waals surface area contributed by atoms with Gasteiger partial charge in [-0.05, 0) is 32.9 Å². The highest BCUT2D eigenvalue weighted by atomic mass is 16.5. The highest BCUT2D eigenvalue weighted by Gasteiger charge is 2.31. The number of nitrogens with one attached hydrogen (secondary N) is 1. The summed E-state index contributed by atoms with van der Waals surface area (Å²) in [6, 6.07) is 90.8. The zero-order valence-corrected chi connectivity index (χ0v) is 64.0. The summed E-state index contributed by atoms with van der Waals surface area (Å²) in [5, 5.41) is 2.39. The Bertz CT molecular complexity index is 1800. The molecule has 0 atom stereocenters. The lowest BCUT2D eigenvalue weighted by atomic mass is 10.1. The second kappa shape index (κ2) is 128. The van der Waals surface area contributed by atoms with Crippen molar-refractivity contribution in [2.45, 2.75) is 159 Å². The Labute approximate surface area is 573 Å². The largest absolute Gasteiger partial charge is 0.469 e. The number of Topliss-reactive ketones (excluding diaryl/α,β-unsaturated/α-hetero) is 1. The van der Waals surface area contributed by atoms with Gasteiger partial charge in [-0.1, -0.05) is 392 Å². The Morgan fingerprint density at radius 2 is 0.419 bits per heavy atom. The smallest absolute Gasteiger partial charge is 0.302 e. The van der Waals surface area contributed by atoms with Crippen LogP contribution in [-0.2, 0) is 28.6 Å². The molecule has 0 bridgehead atoms. The summed E-state index contributed by atoms with van der Waals surface area (Å²) in [5.74, 6) is -0.499. The van der Waals surface area contributed by atoms with Gasteiger partial charge >= 0.3 is 5.97 Å². The third-order valence-corrected chi connectivity index (χ3v) is 7.59. The van der Waals surface area contributed by atoms with E-state index in [0.717, 1.165) is 11.5 Å². The minimum atomic E-state index is -0.245. The van der Waals surface area contributed by atoms with Crippen molar-refractivity contribution in [1.82, 2.24) is 10.2 Å². The molecule has 10 nitrogen and oxygen atoms in total. The third kappa shape index (κ3) is 129. The Morgan fingerprint density at radius 1 is 0.323 bits per heavy atom. The molecular formula is C83H136N2O8. The minimum absolute atomic E-state index is 0.00463. The molecule has 0 spiro atoms. The fraction of sp³-hybridized carbons (Fsp3) is 0.361. The third-order valence-electron chi connectivity index (χ3n) is 7.59. The van der Waals surface area contributed by atoms with Gasteiger partial charge in [0.2, 0.25) is 5.91 Å². The summed E-state index contributed by atoms with van der Waals surface area (Å²) < 4.78 is 12.9. The van der Waals surface area contributed by atoms with Gasteiger partial charge in [-0.25, -0.2) is 0 Å². The number of ketones is 1. The molecule has 93 heavy (non-hydrogen) atoms. The van der Waals surface area contributed by atoms with Crippen LogP contribution in [0.15, 0.2) is 279 Å². The van der Waals surface area contributed by atoms with Gasteiger partial charge in [0.15, 0.2) is 0 Å². The van der Waals surface area contributed by atoms with Crippen molar-refractivity contribution < 1.29 is 38.2 Å². The van der Waals surface area contributed by atoms with E-state index in [4.69, 9.17) is 0 Å². The first-order valence-corrected chi connectivity index (χ1v) is 32.8. The molecule has 0 radical (unpaired) electrons. The summed E-state index contributed by atoms with van der Waals surface area (Å²) in [6.07, 6.45) is 0. The van der Waals surface area contributed by atoms with Crippen molar-refractivity contribution in [1.29, 1.82) is 0 Å². The molecule has 1 aliphatic heterocycles. The fourth-order valence-electron chi connectivity index (χ4n) is 4.00. The highest BCUT2D eigenvalue weighted by molar-refractivity contribution is 6.21. The molecular weight excluding hydrogens is 1150 g/mol.